The summed E-state index contributed by atoms with van der Waals surface area (Å²) in [5, 5.41) is 5.99. The van der Waals surface area contributed by atoms with E-state index in [4.69, 9.17) is 0 Å². The average molecular weight is 234 g/mol. The fraction of sp³-hybridized carbons (Fsp3) is 0.625. The summed E-state index contributed by atoms with van der Waals surface area (Å²) in [6.07, 6.45) is 2.98. The third-order valence-corrected chi connectivity index (χ3v) is 3.52. The standard InChI is InChI=1S/C8H14N2O2S2/c1-7(6-14(2,11)12)10-5-8-9-3-4-13-8/h3-4,7,10H,5-6H2,1-2H3. The highest BCUT2D eigenvalue weighted by Gasteiger charge is 2.09. The van der Waals surface area contributed by atoms with E-state index in [1.807, 2.05) is 12.3 Å². The summed E-state index contributed by atoms with van der Waals surface area (Å²) >= 11 is 1.56. The molecule has 1 rings (SSSR count). The molecule has 1 heterocycles. The Kier molecular flexibility index (Phi) is 4.03. The Balaban J connectivity index is 2.32. The zero-order valence-corrected chi connectivity index (χ0v) is 9.86. The monoisotopic (exact) mass is 234 g/mol. The van der Waals surface area contributed by atoms with Gasteiger partial charge in [0, 0.05) is 30.4 Å². The summed E-state index contributed by atoms with van der Waals surface area (Å²) in [5.74, 6) is 0.165. The van der Waals surface area contributed by atoms with Crippen LogP contribution in [0.25, 0.3) is 0 Å². The molecule has 0 spiro atoms. The lowest BCUT2D eigenvalue weighted by Gasteiger charge is -2.10. The van der Waals surface area contributed by atoms with Crippen LogP contribution in [0, 0.1) is 0 Å². The number of hydrogen-bond donors (Lipinski definition) is 1. The zero-order chi connectivity index (χ0) is 10.6. The Hall–Kier alpha value is -0.460. The van der Waals surface area contributed by atoms with Crippen molar-refractivity contribution in [3.05, 3.63) is 16.6 Å². The maximum atomic E-state index is 10.9. The van der Waals surface area contributed by atoms with E-state index in [2.05, 4.69) is 10.3 Å². The van der Waals surface area contributed by atoms with Crippen LogP contribution in [0.3, 0.4) is 0 Å². The summed E-state index contributed by atoms with van der Waals surface area (Å²) in [7, 11) is -2.89. The molecule has 0 aliphatic rings. The van der Waals surface area contributed by atoms with Gasteiger partial charge in [0.05, 0.1) is 5.75 Å². The minimum absolute atomic E-state index is 0.0334. The van der Waals surface area contributed by atoms with Gasteiger partial charge in [-0.3, -0.25) is 0 Å². The molecule has 0 fully saturated rings. The average Bonchev–Trinajstić information content (AvgIpc) is 2.49. The Bertz CT molecular complexity index is 359. The normalized spacial score (nSPS) is 14.1. The number of nitrogens with zero attached hydrogens (tertiary/aromatic N) is 1. The van der Waals surface area contributed by atoms with Crippen LogP contribution in [-0.2, 0) is 16.4 Å². The third kappa shape index (κ3) is 4.69. The Morgan fingerprint density at radius 3 is 2.86 bits per heavy atom. The van der Waals surface area contributed by atoms with E-state index < -0.39 is 9.84 Å². The molecule has 1 aromatic rings. The third-order valence-electron chi connectivity index (χ3n) is 1.64. The van der Waals surface area contributed by atoms with Crippen LogP contribution in [0.4, 0.5) is 0 Å². The largest absolute Gasteiger partial charge is 0.307 e. The van der Waals surface area contributed by atoms with Gasteiger partial charge in [0.1, 0.15) is 14.8 Å². The van der Waals surface area contributed by atoms with Crippen molar-refractivity contribution in [1.82, 2.24) is 10.3 Å². The van der Waals surface area contributed by atoms with E-state index in [1.165, 1.54) is 6.26 Å². The molecule has 0 aliphatic heterocycles. The van der Waals surface area contributed by atoms with Crippen LogP contribution in [0.1, 0.15) is 11.9 Å². The molecule has 80 valence electrons. The van der Waals surface area contributed by atoms with Crippen molar-refractivity contribution in [2.45, 2.75) is 19.5 Å². The van der Waals surface area contributed by atoms with Crippen LogP contribution in [-0.4, -0.2) is 31.5 Å². The fourth-order valence-electron chi connectivity index (χ4n) is 1.11. The number of aromatic nitrogens is 1. The lowest BCUT2D eigenvalue weighted by molar-refractivity contribution is 0.559. The first-order valence-electron chi connectivity index (χ1n) is 4.27. The molecule has 1 N–H and O–H groups in total. The number of rotatable bonds is 5. The molecule has 0 radical (unpaired) electrons. The number of thiazole rings is 1. The maximum Gasteiger partial charge on any atom is 0.148 e. The van der Waals surface area contributed by atoms with Crippen molar-refractivity contribution < 1.29 is 8.42 Å². The molecule has 0 saturated heterocycles. The number of sulfone groups is 1. The second-order valence-corrected chi connectivity index (χ2v) is 6.46. The van der Waals surface area contributed by atoms with E-state index in [0.29, 0.717) is 6.54 Å². The molecular formula is C8H14N2O2S2. The van der Waals surface area contributed by atoms with Gasteiger partial charge in [-0.1, -0.05) is 0 Å². The first-order chi connectivity index (χ1) is 6.47. The lowest BCUT2D eigenvalue weighted by atomic mass is 10.4. The van der Waals surface area contributed by atoms with Crippen LogP contribution >= 0.6 is 11.3 Å². The van der Waals surface area contributed by atoms with Gasteiger partial charge < -0.3 is 5.32 Å². The summed E-state index contributed by atoms with van der Waals surface area (Å²) in [6, 6.07) is -0.0334. The van der Waals surface area contributed by atoms with Crippen LogP contribution in [0.2, 0.25) is 0 Å². The van der Waals surface area contributed by atoms with Gasteiger partial charge in [-0.05, 0) is 6.92 Å². The summed E-state index contributed by atoms with van der Waals surface area (Å²) in [4.78, 5) is 4.09. The SMILES string of the molecule is CC(CS(C)(=O)=O)NCc1nccs1. The number of hydrogen-bond acceptors (Lipinski definition) is 5. The molecule has 1 unspecified atom stereocenters. The second-order valence-electron chi connectivity index (χ2n) is 3.30. The summed E-state index contributed by atoms with van der Waals surface area (Å²) < 4.78 is 21.9. The molecule has 14 heavy (non-hydrogen) atoms. The van der Waals surface area contributed by atoms with Crippen molar-refractivity contribution >= 4 is 21.2 Å². The molecule has 0 saturated carbocycles. The molecular weight excluding hydrogens is 220 g/mol. The molecule has 0 bridgehead atoms. The van der Waals surface area contributed by atoms with E-state index in [9.17, 15) is 8.42 Å². The molecule has 6 heteroatoms. The van der Waals surface area contributed by atoms with Crippen LogP contribution in [0.5, 0.6) is 0 Å². The molecule has 1 aromatic heterocycles. The van der Waals surface area contributed by atoms with E-state index >= 15 is 0 Å². The second kappa shape index (κ2) is 4.86. The topological polar surface area (TPSA) is 59.1 Å². The first kappa shape index (κ1) is 11.6. The lowest BCUT2D eigenvalue weighted by Crippen LogP contribution is -2.32. The Labute approximate surface area is 88.3 Å². The summed E-state index contributed by atoms with van der Waals surface area (Å²) in [5.41, 5.74) is 0. The van der Waals surface area contributed by atoms with E-state index in [0.717, 1.165) is 5.01 Å². The first-order valence-corrected chi connectivity index (χ1v) is 7.21. The minimum atomic E-state index is -2.89. The van der Waals surface area contributed by atoms with Gasteiger partial charge in [-0.2, -0.15) is 0 Å². The van der Waals surface area contributed by atoms with Crippen LogP contribution < -0.4 is 5.32 Å². The minimum Gasteiger partial charge on any atom is -0.307 e. The highest BCUT2D eigenvalue weighted by atomic mass is 32.2. The molecule has 4 nitrogen and oxygen atoms in total. The van der Waals surface area contributed by atoms with Gasteiger partial charge in [-0.25, -0.2) is 13.4 Å². The predicted octanol–water partition coefficient (Wildman–Crippen LogP) is 0.666. The molecule has 0 aliphatic carbocycles. The highest BCUT2D eigenvalue weighted by Crippen LogP contribution is 2.03. The summed E-state index contributed by atoms with van der Waals surface area (Å²) in [6.45, 7) is 2.49. The van der Waals surface area contributed by atoms with Crippen molar-refractivity contribution in [2.75, 3.05) is 12.0 Å². The number of nitrogens with one attached hydrogen (secondary N) is 1. The Morgan fingerprint density at radius 2 is 2.36 bits per heavy atom. The van der Waals surface area contributed by atoms with Crippen molar-refractivity contribution in [3.63, 3.8) is 0 Å². The van der Waals surface area contributed by atoms with E-state index in [-0.39, 0.29) is 11.8 Å². The molecule has 0 amide bonds. The van der Waals surface area contributed by atoms with Crippen molar-refractivity contribution in [3.8, 4) is 0 Å². The van der Waals surface area contributed by atoms with Gasteiger partial charge in [0.15, 0.2) is 0 Å². The van der Waals surface area contributed by atoms with Crippen LogP contribution in [0.15, 0.2) is 11.6 Å². The van der Waals surface area contributed by atoms with Crippen molar-refractivity contribution in [1.29, 1.82) is 0 Å². The van der Waals surface area contributed by atoms with E-state index in [1.54, 1.807) is 17.5 Å². The Morgan fingerprint density at radius 1 is 1.64 bits per heavy atom. The maximum absolute atomic E-state index is 10.9. The van der Waals surface area contributed by atoms with Gasteiger partial charge in [0.25, 0.3) is 0 Å². The van der Waals surface area contributed by atoms with Crippen molar-refractivity contribution in [2.24, 2.45) is 0 Å². The van der Waals surface area contributed by atoms with Gasteiger partial charge in [-0.15, -0.1) is 11.3 Å². The van der Waals surface area contributed by atoms with Gasteiger partial charge in [0.2, 0.25) is 0 Å². The quantitative estimate of drug-likeness (QED) is 0.813. The smallest absolute Gasteiger partial charge is 0.148 e. The fourth-order valence-corrected chi connectivity index (χ4v) is 2.71. The molecule has 0 aromatic carbocycles. The predicted molar refractivity (Wildman–Crippen MR) is 58.1 cm³/mol. The highest BCUT2D eigenvalue weighted by molar-refractivity contribution is 7.90. The zero-order valence-electron chi connectivity index (χ0n) is 8.23. The molecule has 1 atom stereocenters. The van der Waals surface area contributed by atoms with Gasteiger partial charge >= 0.3 is 0 Å².